The Balaban J connectivity index is 2.00. The lowest BCUT2D eigenvalue weighted by Gasteiger charge is -2.19. The van der Waals surface area contributed by atoms with Gasteiger partial charge < -0.3 is 19.1 Å². The molecule has 29 heavy (non-hydrogen) atoms. The first kappa shape index (κ1) is 22.6. The molecule has 2 rings (SSSR count). The predicted molar refractivity (Wildman–Crippen MR) is 112 cm³/mol. The second-order valence-corrected chi connectivity index (χ2v) is 7.09. The van der Waals surface area contributed by atoms with Crippen molar-refractivity contribution in [3.8, 4) is 11.5 Å². The van der Waals surface area contributed by atoms with Crippen LogP contribution in [0.15, 0.2) is 30.3 Å². The van der Waals surface area contributed by atoms with E-state index >= 15 is 0 Å². The summed E-state index contributed by atoms with van der Waals surface area (Å²) < 4.78 is 15.8. The number of halogens is 1. The summed E-state index contributed by atoms with van der Waals surface area (Å²) in [6, 6.07) is 8.97. The normalized spacial score (nSPS) is 10.4. The molecule has 7 heteroatoms. The van der Waals surface area contributed by atoms with Gasteiger partial charge in [-0.25, -0.2) is 4.79 Å². The molecule has 6 nitrogen and oxygen atoms in total. The fourth-order valence-corrected chi connectivity index (χ4v) is 3.08. The number of likely N-dealkylation sites (N-methyl/N-ethyl adjacent to an activating group) is 1. The van der Waals surface area contributed by atoms with Crippen LogP contribution in [0.25, 0.3) is 0 Å². The van der Waals surface area contributed by atoms with E-state index in [0.717, 1.165) is 11.1 Å². The summed E-state index contributed by atoms with van der Waals surface area (Å²) in [6.45, 7) is 6.31. The van der Waals surface area contributed by atoms with Gasteiger partial charge in [0.25, 0.3) is 5.91 Å². The maximum Gasteiger partial charge on any atom is 0.338 e. The lowest BCUT2D eigenvalue weighted by molar-refractivity contribution is -0.133. The number of methoxy groups -OCH3 is 1. The summed E-state index contributed by atoms with van der Waals surface area (Å²) in [4.78, 5) is 26.3. The third-order valence-corrected chi connectivity index (χ3v) is 4.69. The van der Waals surface area contributed by atoms with Crippen LogP contribution >= 0.6 is 11.6 Å². The highest BCUT2D eigenvalue weighted by atomic mass is 35.5. The minimum atomic E-state index is -0.665. The molecule has 0 atom stereocenters. The van der Waals surface area contributed by atoms with Gasteiger partial charge in [-0.3, -0.25) is 4.79 Å². The van der Waals surface area contributed by atoms with E-state index in [9.17, 15) is 9.59 Å². The number of amides is 1. The molecule has 0 saturated heterocycles. The Kier molecular flexibility index (Phi) is 7.91. The first-order chi connectivity index (χ1) is 13.8. The Labute approximate surface area is 176 Å². The van der Waals surface area contributed by atoms with Crippen LogP contribution < -0.4 is 9.47 Å². The summed E-state index contributed by atoms with van der Waals surface area (Å²) in [5, 5.41) is 0.233. The number of hydrogen-bond acceptors (Lipinski definition) is 5. The van der Waals surface area contributed by atoms with E-state index in [2.05, 4.69) is 6.07 Å². The molecule has 0 aliphatic heterocycles. The van der Waals surface area contributed by atoms with E-state index < -0.39 is 5.97 Å². The van der Waals surface area contributed by atoms with Crippen LogP contribution in [0.1, 0.15) is 34.0 Å². The summed E-state index contributed by atoms with van der Waals surface area (Å²) >= 11 is 6.18. The molecule has 0 aromatic heterocycles. The first-order valence-electron chi connectivity index (χ1n) is 9.24. The molecule has 1 amide bonds. The molecule has 0 N–H and O–H groups in total. The number of nitrogens with zero attached hydrogens (tertiary/aromatic N) is 1. The number of ether oxygens (including phenoxy) is 3. The van der Waals surface area contributed by atoms with Gasteiger partial charge in [-0.05, 0) is 44.0 Å². The van der Waals surface area contributed by atoms with Gasteiger partial charge in [0.15, 0.2) is 18.1 Å². The van der Waals surface area contributed by atoms with Gasteiger partial charge in [0, 0.05) is 13.6 Å². The molecule has 0 unspecified atom stereocenters. The van der Waals surface area contributed by atoms with Crippen LogP contribution in [0.2, 0.25) is 5.02 Å². The van der Waals surface area contributed by atoms with Gasteiger partial charge >= 0.3 is 5.97 Å². The van der Waals surface area contributed by atoms with Crippen LogP contribution in [0.4, 0.5) is 0 Å². The zero-order chi connectivity index (χ0) is 21.6. The van der Waals surface area contributed by atoms with Gasteiger partial charge in [0.1, 0.15) is 0 Å². The Morgan fingerprint density at radius 1 is 1.14 bits per heavy atom. The topological polar surface area (TPSA) is 65.1 Å². The Hall–Kier alpha value is -2.73. The lowest BCUT2D eigenvalue weighted by atomic mass is 10.1. The zero-order valence-corrected chi connectivity index (χ0v) is 18.1. The molecule has 0 spiro atoms. The molecule has 0 heterocycles. The number of esters is 1. The van der Waals surface area contributed by atoms with Crippen LogP contribution in [0, 0.1) is 13.8 Å². The highest BCUT2D eigenvalue weighted by molar-refractivity contribution is 6.32. The van der Waals surface area contributed by atoms with Gasteiger partial charge in [-0.2, -0.15) is 0 Å². The second kappa shape index (κ2) is 10.2. The standard InChI is InChI=1S/C22H26ClNO5/c1-6-28-21-18(23)10-17(11-19(21)27-5)22(26)29-13-20(25)24(4)12-16-8-7-14(2)9-15(16)3/h7-11H,6,12-13H2,1-5H3. The van der Waals surface area contributed by atoms with Crippen molar-refractivity contribution in [2.45, 2.75) is 27.3 Å². The van der Waals surface area contributed by atoms with Crippen LogP contribution in [0.3, 0.4) is 0 Å². The van der Waals surface area contributed by atoms with Gasteiger partial charge in [-0.1, -0.05) is 35.4 Å². The zero-order valence-electron chi connectivity index (χ0n) is 17.4. The molecule has 0 fully saturated rings. The van der Waals surface area contributed by atoms with Crippen molar-refractivity contribution in [2.75, 3.05) is 27.4 Å². The Bertz CT molecular complexity index is 897. The number of rotatable bonds is 8. The molecule has 2 aromatic rings. The summed E-state index contributed by atoms with van der Waals surface area (Å²) in [6.07, 6.45) is 0. The van der Waals surface area contributed by atoms with Crippen molar-refractivity contribution in [1.29, 1.82) is 0 Å². The average molecular weight is 420 g/mol. The van der Waals surface area contributed by atoms with Crippen molar-refractivity contribution in [3.05, 3.63) is 57.6 Å². The Morgan fingerprint density at radius 3 is 2.48 bits per heavy atom. The highest BCUT2D eigenvalue weighted by Gasteiger charge is 2.19. The molecule has 2 aromatic carbocycles. The first-order valence-corrected chi connectivity index (χ1v) is 9.62. The number of carbonyl (C=O) groups is 2. The summed E-state index contributed by atoms with van der Waals surface area (Å²) in [7, 11) is 3.13. The highest BCUT2D eigenvalue weighted by Crippen LogP contribution is 2.36. The van der Waals surface area contributed by atoms with Gasteiger partial charge in [0.2, 0.25) is 0 Å². The van der Waals surface area contributed by atoms with E-state index in [1.807, 2.05) is 32.9 Å². The molecule has 0 bridgehead atoms. The molecular weight excluding hydrogens is 394 g/mol. The monoisotopic (exact) mass is 419 g/mol. The fourth-order valence-electron chi connectivity index (χ4n) is 2.81. The SMILES string of the molecule is CCOc1c(Cl)cc(C(=O)OCC(=O)N(C)Cc2ccc(C)cc2C)cc1OC. The van der Waals surface area contributed by atoms with Crippen molar-refractivity contribution in [2.24, 2.45) is 0 Å². The van der Waals surface area contributed by atoms with Crippen molar-refractivity contribution < 1.29 is 23.8 Å². The van der Waals surface area contributed by atoms with Crippen molar-refractivity contribution in [1.82, 2.24) is 4.90 Å². The Morgan fingerprint density at radius 2 is 1.86 bits per heavy atom. The third-order valence-electron chi connectivity index (χ3n) is 4.41. The van der Waals surface area contributed by atoms with E-state index in [-0.39, 0.29) is 23.1 Å². The molecule has 0 aliphatic carbocycles. The maximum absolute atomic E-state index is 12.4. The summed E-state index contributed by atoms with van der Waals surface area (Å²) in [5.74, 6) is -0.286. The molecule has 0 saturated carbocycles. The lowest BCUT2D eigenvalue weighted by Crippen LogP contribution is -2.31. The smallest absolute Gasteiger partial charge is 0.338 e. The number of carbonyl (C=O) groups excluding carboxylic acids is 2. The van der Waals surface area contributed by atoms with Crippen LogP contribution in [0.5, 0.6) is 11.5 Å². The minimum Gasteiger partial charge on any atom is -0.493 e. The quantitative estimate of drug-likeness (QED) is 0.600. The molecule has 0 aliphatic rings. The molecule has 156 valence electrons. The van der Waals surface area contributed by atoms with E-state index in [0.29, 0.717) is 24.7 Å². The predicted octanol–water partition coefficient (Wildman–Crippen LogP) is 4.18. The van der Waals surface area contributed by atoms with Crippen LogP contribution in [-0.4, -0.2) is 44.1 Å². The third kappa shape index (κ3) is 5.87. The molecule has 0 radical (unpaired) electrons. The van der Waals surface area contributed by atoms with E-state index in [1.165, 1.54) is 29.7 Å². The minimum absolute atomic E-state index is 0.181. The van der Waals surface area contributed by atoms with E-state index in [1.54, 1.807) is 7.05 Å². The van der Waals surface area contributed by atoms with E-state index in [4.69, 9.17) is 25.8 Å². The maximum atomic E-state index is 12.4. The van der Waals surface area contributed by atoms with Gasteiger partial charge in [-0.15, -0.1) is 0 Å². The number of aryl methyl sites for hydroxylation is 2. The fraction of sp³-hybridized carbons (Fsp3) is 0.364. The number of hydrogen-bond donors (Lipinski definition) is 0. The van der Waals surface area contributed by atoms with Gasteiger partial charge in [0.05, 0.1) is 24.3 Å². The molecular formula is C22H26ClNO5. The van der Waals surface area contributed by atoms with Crippen LogP contribution in [-0.2, 0) is 16.1 Å². The number of benzene rings is 2. The summed E-state index contributed by atoms with van der Waals surface area (Å²) in [5.41, 5.74) is 3.50. The van der Waals surface area contributed by atoms with Crippen molar-refractivity contribution in [3.63, 3.8) is 0 Å². The average Bonchev–Trinajstić information content (AvgIpc) is 2.69. The van der Waals surface area contributed by atoms with Crippen molar-refractivity contribution >= 4 is 23.5 Å². The largest absolute Gasteiger partial charge is 0.493 e. The second-order valence-electron chi connectivity index (χ2n) is 6.68.